The van der Waals surface area contributed by atoms with Crippen molar-refractivity contribution in [2.45, 2.75) is 13.5 Å². The molecule has 0 atom stereocenters. The van der Waals surface area contributed by atoms with Gasteiger partial charge in [-0.1, -0.05) is 5.92 Å². The van der Waals surface area contributed by atoms with Gasteiger partial charge in [-0.2, -0.15) is 0 Å². The Bertz CT molecular complexity index is 381. The molecule has 1 heterocycles. The summed E-state index contributed by atoms with van der Waals surface area (Å²) in [7, 11) is 0. The highest BCUT2D eigenvalue weighted by Gasteiger charge is 2.10. The number of carbonyl (C=O) groups is 1. The topological polar surface area (TPSA) is 53.4 Å². The lowest BCUT2D eigenvalue weighted by molar-refractivity contribution is -0.138. The summed E-state index contributed by atoms with van der Waals surface area (Å²) in [5.41, 5.74) is 0. The smallest absolute Gasteiger partial charge is 0.317 e. The molecule has 0 spiro atoms. The van der Waals surface area contributed by atoms with Crippen LogP contribution in [0.4, 0.5) is 0 Å². The van der Waals surface area contributed by atoms with Crippen LogP contribution in [-0.2, 0) is 11.3 Å². The van der Waals surface area contributed by atoms with Crippen LogP contribution in [0.3, 0.4) is 0 Å². The average molecular weight is 224 g/mol. The first-order valence-corrected chi connectivity index (χ1v) is 5.22. The lowest BCUT2D eigenvalue weighted by atomic mass is 10.4. The zero-order valence-electron chi connectivity index (χ0n) is 8.43. The van der Waals surface area contributed by atoms with Crippen molar-refractivity contribution in [1.29, 1.82) is 0 Å². The van der Waals surface area contributed by atoms with Gasteiger partial charge in [-0.25, -0.2) is 4.98 Å². The average Bonchev–Trinajstić information content (AvgIpc) is 2.50. The van der Waals surface area contributed by atoms with Crippen molar-refractivity contribution in [2.75, 3.05) is 13.1 Å². The molecule has 0 saturated heterocycles. The maximum atomic E-state index is 10.6. The summed E-state index contributed by atoms with van der Waals surface area (Å²) in [6, 6.07) is 0. The fraction of sp³-hybridized carbons (Fsp3) is 0.400. The fourth-order valence-corrected chi connectivity index (χ4v) is 2.02. The van der Waals surface area contributed by atoms with E-state index in [1.165, 1.54) is 0 Å². The molecule has 0 aliphatic heterocycles. The minimum absolute atomic E-state index is 0.0405. The Morgan fingerprint density at radius 3 is 3.00 bits per heavy atom. The van der Waals surface area contributed by atoms with Crippen LogP contribution >= 0.6 is 11.3 Å². The molecule has 1 aromatic rings. The second kappa shape index (κ2) is 5.49. The summed E-state index contributed by atoms with van der Waals surface area (Å²) >= 11 is 1.55. The highest BCUT2D eigenvalue weighted by molar-refractivity contribution is 7.11. The van der Waals surface area contributed by atoms with E-state index < -0.39 is 5.97 Å². The van der Waals surface area contributed by atoms with Crippen LogP contribution in [0, 0.1) is 19.3 Å². The predicted molar refractivity (Wildman–Crippen MR) is 58.6 cm³/mol. The second-order valence-electron chi connectivity index (χ2n) is 3.09. The van der Waals surface area contributed by atoms with Crippen LogP contribution < -0.4 is 0 Å². The highest BCUT2D eigenvalue weighted by atomic mass is 32.1. The number of aliphatic carboxylic acids is 1. The number of thiazole rings is 1. The monoisotopic (exact) mass is 224 g/mol. The van der Waals surface area contributed by atoms with Gasteiger partial charge in [0.25, 0.3) is 0 Å². The Hall–Kier alpha value is -1.38. The predicted octanol–water partition coefficient (Wildman–Crippen LogP) is 0.971. The standard InChI is InChI=1S/C10H12N2O2S/c1-3-4-12(7-10(13)14)6-9-5-11-8(2)15-9/h1,5H,4,6-7H2,2H3,(H,13,14). The summed E-state index contributed by atoms with van der Waals surface area (Å²) in [5.74, 6) is 1.58. The molecule has 0 aliphatic carbocycles. The van der Waals surface area contributed by atoms with E-state index in [1.54, 1.807) is 22.4 Å². The van der Waals surface area contributed by atoms with Crippen molar-refractivity contribution < 1.29 is 9.90 Å². The summed E-state index contributed by atoms with van der Waals surface area (Å²) in [5, 5.41) is 9.64. The number of hydrogen-bond acceptors (Lipinski definition) is 4. The van der Waals surface area contributed by atoms with E-state index >= 15 is 0 Å². The van der Waals surface area contributed by atoms with Crippen molar-refractivity contribution >= 4 is 17.3 Å². The first-order chi connectivity index (χ1) is 7.11. The van der Waals surface area contributed by atoms with Crippen LogP contribution in [0.5, 0.6) is 0 Å². The minimum atomic E-state index is -0.869. The highest BCUT2D eigenvalue weighted by Crippen LogP contribution is 2.13. The molecule has 0 bridgehead atoms. The molecule has 5 heteroatoms. The third-order valence-electron chi connectivity index (χ3n) is 1.72. The molecule has 0 amide bonds. The molecule has 0 radical (unpaired) electrons. The van der Waals surface area contributed by atoms with Crippen LogP contribution in [0.2, 0.25) is 0 Å². The number of carboxylic acid groups (broad SMARTS) is 1. The number of carboxylic acids is 1. The molecular formula is C10H12N2O2S. The molecule has 4 nitrogen and oxygen atoms in total. The lowest BCUT2D eigenvalue weighted by Crippen LogP contribution is -2.29. The van der Waals surface area contributed by atoms with Crippen molar-refractivity contribution in [3.8, 4) is 12.3 Å². The normalized spacial score (nSPS) is 10.2. The number of aryl methyl sites for hydroxylation is 1. The van der Waals surface area contributed by atoms with Gasteiger partial charge in [-0.05, 0) is 6.92 Å². The summed E-state index contributed by atoms with van der Waals surface area (Å²) in [6.45, 7) is 2.75. The number of nitrogens with zero attached hydrogens (tertiary/aromatic N) is 2. The van der Waals surface area contributed by atoms with Crippen molar-refractivity contribution in [3.63, 3.8) is 0 Å². The zero-order valence-corrected chi connectivity index (χ0v) is 9.25. The van der Waals surface area contributed by atoms with Gasteiger partial charge in [0, 0.05) is 17.6 Å². The first-order valence-electron chi connectivity index (χ1n) is 4.40. The largest absolute Gasteiger partial charge is 0.480 e. The lowest BCUT2D eigenvalue weighted by Gasteiger charge is -2.15. The summed E-state index contributed by atoms with van der Waals surface area (Å²) in [4.78, 5) is 17.4. The molecule has 1 N–H and O–H groups in total. The SMILES string of the molecule is C#CCN(CC(=O)O)Cc1cnc(C)s1. The number of terminal acetylenes is 1. The molecular weight excluding hydrogens is 212 g/mol. The van der Waals surface area contributed by atoms with Crippen LogP contribution in [-0.4, -0.2) is 34.0 Å². The second-order valence-corrected chi connectivity index (χ2v) is 4.41. The van der Waals surface area contributed by atoms with Crippen molar-refractivity contribution in [1.82, 2.24) is 9.88 Å². The Balaban J connectivity index is 2.58. The van der Waals surface area contributed by atoms with E-state index in [2.05, 4.69) is 10.9 Å². The third-order valence-corrected chi connectivity index (χ3v) is 2.62. The van der Waals surface area contributed by atoms with E-state index in [9.17, 15) is 4.79 Å². The van der Waals surface area contributed by atoms with Gasteiger partial charge in [-0.15, -0.1) is 17.8 Å². The van der Waals surface area contributed by atoms with E-state index in [0.29, 0.717) is 13.1 Å². The molecule has 0 aliphatic rings. The van der Waals surface area contributed by atoms with Gasteiger partial charge >= 0.3 is 5.97 Å². The summed E-state index contributed by atoms with van der Waals surface area (Å²) in [6.07, 6.45) is 6.92. The number of hydrogen-bond donors (Lipinski definition) is 1. The molecule has 15 heavy (non-hydrogen) atoms. The van der Waals surface area contributed by atoms with E-state index in [0.717, 1.165) is 9.88 Å². The van der Waals surface area contributed by atoms with Crippen molar-refractivity contribution in [3.05, 3.63) is 16.1 Å². The molecule has 0 fully saturated rings. The molecule has 0 saturated carbocycles. The van der Waals surface area contributed by atoms with E-state index in [-0.39, 0.29) is 6.54 Å². The van der Waals surface area contributed by atoms with Crippen LogP contribution in [0.15, 0.2) is 6.20 Å². The van der Waals surface area contributed by atoms with Gasteiger partial charge in [-0.3, -0.25) is 9.69 Å². The Labute approximate surface area is 92.6 Å². The quantitative estimate of drug-likeness (QED) is 0.757. The number of rotatable bonds is 5. The van der Waals surface area contributed by atoms with E-state index in [1.807, 2.05) is 6.92 Å². The molecule has 0 unspecified atom stereocenters. The summed E-state index contributed by atoms with van der Waals surface area (Å²) < 4.78 is 0. The van der Waals surface area contributed by atoms with Crippen LogP contribution in [0.25, 0.3) is 0 Å². The van der Waals surface area contributed by atoms with Gasteiger partial charge in [0.2, 0.25) is 0 Å². The first kappa shape index (κ1) is 11.7. The molecule has 0 aromatic carbocycles. The van der Waals surface area contributed by atoms with Gasteiger partial charge in [0.05, 0.1) is 18.1 Å². The van der Waals surface area contributed by atoms with Crippen molar-refractivity contribution in [2.24, 2.45) is 0 Å². The number of aromatic nitrogens is 1. The van der Waals surface area contributed by atoms with Gasteiger partial charge < -0.3 is 5.11 Å². The molecule has 1 aromatic heterocycles. The fourth-order valence-electron chi connectivity index (χ4n) is 1.19. The Kier molecular flexibility index (Phi) is 4.28. The van der Waals surface area contributed by atoms with Crippen LogP contribution in [0.1, 0.15) is 9.88 Å². The molecule has 80 valence electrons. The minimum Gasteiger partial charge on any atom is -0.480 e. The zero-order chi connectivity index (χ0) is 11.3. The maximum Gasteiger partial charge on any atom is 0.317 e. The van der Waals surface area contributed by atoms with Gasteiger partial charge in [0.1, 0.15) is 0 Å². The molecule has 1 rings (SSSR count). The van der Waals surface area contributed by atoms with E-state index in [4.69, 9.17) is 11.5 Å². The Morgan fingerprint density at radius 2 is 2.53 bits per heavy atom. The third kappa shape index (κ3) is 4.11. The Morgan fingerprint density at radius 1 is 1.80 bits per heavy atom. The maximum absolute atomic E-state index is 10.6. The van der Waals surface area contributed by atoms with Gasteiger partial charge in [0.15, 0.2) is 0 Å².